The highest BCUT2D eigenvalue weighted by Gasteiger charge is 2.29. The van der Waals surface area contributed by atoms with Crippen molar-refractivity contribution < 1.29 is 4.74 Å². The highest BCUT2D eigenvalue weighted by molar-refractivity contribution is 8.00. The molecule has 2 nitrogen and oxygen atoms in total. The third-order valence-corrected chi connectivity index (χ3v) is 4.85. The van der Waals surface area contributed by atoms with E-state index in [2.05, 4.69) is 36.4 Å². The van der Waals surface area contributed by atoms with Crippen LogP contribution in [0.3, 0.4) is 0 Å². The van der Waals surface area contributed by atoms with Crippen LogP contribution in [0.5, 0.6) is 5.75 Å². The Bertz CT molecular complexity index is 584. The summed E-state index contributed by atoms with van der Waals surface area (Å²) < 4.78 is 5.26. The molecule has 0 aliphatic heterocycles. The van der Waals surface area contributed by atoms with Gasteiger partial charge in [0.2, 0.25) is 0 Å². The monoisotopic (exact) mass is 271 g/mol. The number of benzene rings is 2. The van der Waals surface area contributed by atoms with Crippen molar-refractivity contribution in [2.45, 2.75) is 22.6 Å². The minimum absolute atomic E-state index is 0.118. The van der Waals surface area contributed by atoms with Crippen LogP contribution in [0.25, 0.3) is 0 Å². The van der Waals surface area contributed by atoms with Crippen LogP contribution in [0.15, 0.2) is 53.4 Å². The zero-order chi connectivity index (χ0) is 13.2. The Morgan fingerprint density at radius 3 is 2.79 bits per heavy atom. The molecule has 3 rings (SSSR count). The zero-order valence-corrected chi connectivity index (χ0v) is 11.7. The number of fused-ring (bicyclic) bond motifs is 1. The van der Waals surface area contributed by atoms with Gasteiger partial charge in [-0.25, -0.2) is 0 Å². The molecular weight excluding hydrogens is 254 g/mol. The number of rotatable bonds is 3. The van der Waals surface area contributed by atoms with Gasteiger partial charge in [-0.1, -0.05) is 30.3 Å². The second-order valence-electron chi connectivity index (χ2n) is 4.76. The van der Waals surface area contributed by atoms with E-state index in [1.807, 2.05) is 23.9 Å². The zero-order valence-electron chi connectivity index (χ0n) is 10.9. The van der Waals surface area contributed by atoms with Crippen LogP contribution in [-0.4, -0.2) is 12.4 Å². The fourth-order valence-corrected chi connectivity index (χ4v) is 3.80. The van der Waals surface area contributed by atoms with Gasteiger partial charge in [0.1, 0.15) is 5.75 Å². The summed E-state index contributed by atoms with van der Waals surface area (Å²) in [4.78, 5) is 1.22. The van der Waals surface area contributed by atoms with Crippen LogP contribution < -0.4 is 10.5 Å². The number of hydrogen-bond acceptors (Lipinski definition) is 3. The predicted molar refractivity (Wildman–Crippen MR) is 79.7 cm³/mol. The highest BCUT2D eigenvalue weighted by atomic mass is 32.2. The molecule has 0 saturated heterocycles. The van der Waals surface area contributed by atoms with Crippen molar-refractivity contribution in [3.8, 4) is 5.75 Å². The summed E-state index contributed by atoms with van der Waals surface area (Å²) in [5.74, 6) is 0.897. The maximum absolute atomic E-state index is 6.36. The molecule has 0 radical (unpaired) electrons. The molecule has 2 atom stereocenters. The topological polar surface area (TPSA) is 35.2 Å². The molecule has 3 heteroatoms. The maximum atomic E-state index is 6.36. The first-order valence-electron chi connectivity index (χ1n) is 6.42. The lowest BCUT2D eigenvalue weighted by Crippen LogP contribution is -2.18. The minimum Gasteiger partial charge on any atom is -0.497 e. The Morgan fingerprint density at radius 2 is 2.00 bits per heavy atom. The largest absolute Gasteiger partial charge is 0.497 e. The summed E-state index contributed by atoms with van der Waals surface area (Å²) in [6, 6.07) is 16.8. The molecule has 0 amide bonds. The Morgan fingerprint density at radius 1 is 1.16 bits per heavy atom. The van der Waals surface area contributed by atoms with Gasteiger partial charge in [-0.15, -0.1) is 11.8 Å². The smallest absolute Gasteiger partial charge is 0.119 e. The van der Waals surface area contributed by atoms with E-state index in [-0.39, 0.29) is 6.04 Å². The van der Waals surface area contributed by atoms with Gasteiger partial charge in [0, 0.05) is 16.2 Å². The molecule has 1 aliphatic carbocycles. The summed E-state index contributed by atoms with van der Waals surface area (Å²) in [5, 5.41) is 0.407. The van der Waals surface area contributed by atoms with Gasteiger partial charge in [-0.3, -0.25) is 0 Å². The molecule has 1 aliphatic rings. The van der Waals surface area contributed by atoms with E-state index >= 15 is 0 Å². The first kappa shape index (κ1) is 12.6. The van der Waals surface area contributed by atoms with Crippen LogP contribution in [-0.2, 0) is 6.42 Å². The van der Waals surface area contributed by atoms with E-state index in [4.69, 9.17) is 10.5 Å². The fourth-order valence-electron chi connectivity index (χ4n) is 2.55. The van der Waals surface area contributed by atoms with Gasteiger partial charge in [0.05, 0.1) is 7.11 Å². The van der Waals surface area contributed by atoms with Gasteiger partial charge < -0.3 is 10.5 Å². The van der Waals surface area contributed by atoms with Gasteiger partial charge in [0.25, 0.3) is 0 Å². The molecule has 0 heterocycles. The quantitative estimate of drug-likeness (QED) is 0.929. The first-order valence-corrected chi connectivity index (χ1v) is 7.30. The Labute approximate surface area is 118 Å². The summed E-state index contributed by atoms with van der Waals surface area (Å²) >= 11 is 1.84. The number of nitrogens with two attached hydrogens (primary N) is 1. The Balaban J connectivity index is 1.79. The third kappa shape index (κ3) is 2.48. The fraction of sp³-hybridized carbons (Fsp3) is 0.250. The molecule has 0 saturated carbocycles. The van der Waals surface area contributed by atoms with Crippen molar-refractivity contribution in [2.24, 2.45) is 5.73 Å². The standard InChI is InChI=1S/C16H17NOS/c1-18-12-6-4-7-13(10-12)19-15-9-11-5-2-3-8-14(11)16(15)17/h2-8,10,15-16H,9,17H2,1H3. The number of hydrogen-bond donors (Lipinski definition) is 1. The average molecular weight is 271 g/mol. The molecule has 0 bridgehead atoms. The first-order chi connectivity index (χ1) is 9.28. The second kappa shape index (κ2) is 5.27. The van der Waals surface area contributed by atoms with Crippen molar-refractivity contribution in [3.63, 3.8) is 0 Å². The second-order valence-corrected chi connectivity index (χ2v) is 6.08. The summed E-state index contributed by atoms with van der Waals surface area (Å²) in [6.45, 7) is 0. The van der Waals surface area contributed by atoms with Crippen molar-refractivity contribution in [2.75, 3.05) is 7.11 Å². The van der Waals surface area contributed by atoms with Crippen molar-refractivity contribution in [3.05, 3.63) is 59.7 Å². The van der Waals surface area contributed by atoms with Gasteiger partial charge in [-0.2, -0.15) is 0 Å². The molecule has 2 aromatic carbocycles. The van der Waals surface area contributed by atoms with Crippen LogP contribution in [0.4, 0.5) is 0 Å². The summed E-state index contributed by atoms with van der Waals surface area (Å²) in [7, 11) is 1.70. The van der Waals surface area contributed by atoms with Gasteiger partial charge >= 0.3 is 0 Å². The molecule has 2 aromatic rings. The molecule has 0 aromatic heterocycles. The van der Waals surface area contributed by atoms with Crippen molar-refractivity contribution in [1.29, 1.82) is 0 Å². The summed E-state index contributed by atoms with van der Waals surface area (Å²) in [6.07, 6.45) is 1.04. The lowest BCUT2D eigenvalue weighted by Gasteiger charge is -2.15. The highest BCUT2D eigenvalue weighted by Crippen LogP contribution is 2.40. The Kier molecular flexibility index (Phi) is 3.49. The SMILES string of the molecule is COc1cccc(SC2Cc3ccccc3C2N)c1. The van der Waals surface area contributed by atoms with Gasteiger partial charge in [0.15, 0.2) is 0 Å². The number of ether oxygens (including phenoxy) is 1. The van der Waals surface area contributed by atoms with Crippen molar-refractivity contribution in [1.82, 2.24) is 0 Å². The van der Waals surface area contributed by atoms with Crippen molar-refractivity contribution >= 4 is 11.8 Å². The maximum Gasteiger partial charge on any atom is 0.119 e. The summed E-state index contributed by atoms with van der Waals surface area (Å²) in [5.41, 5.74) is 9.04. The third-order valence-electron chi connectivity index (χ3n) is 3.56. The lowest BCUT2D eigenvalue weighted by molar-refractivity contribution is 0.413. The normalized spacial score (nSPS) is 21.2. The molecular formula is C16H17NOS. The number of methoxy groups -OCH3 is 1. The molecule has 2 unspecified atom stereocenters. The van der Waals surface area contributed by atoms with Crippen LogP contribution >= 0.6 is 11.8 Å². The van der Waals surface area contributed by atoms with E-state index in [1.54, 1.807) is 7.11 Å². The molecule has 2 N–H and O–H groups in total. The van der Waals surface area contributed by atoms with E-state index < -0.39 is 0 Å². The van der Waals surface area contributed by atoms with E-state index in [0.29, 0.717) is 5.25 Å². The Hall–Kier alpha value is -1.45. The number of thioether (sulfide) groups is 1. The van der Waals surface area contributed by atoms with E-state index in [9.17, 15) is 0 Å². The van der Waals surface area contributed by atoms with Gasteiger partial charge in [-0.05, 0) is 35.7 Å². The molecule has 0 spiro atoms. The van der Waals surface area contributed by atoms with E-state index in [1.165, 1.54) is 16.0 Å². The molecule has 0 fully saturated rings. The molecule has 98 valence electrons. The predicted octanol–water partition coefficient (Wildman–Crippen LogP) is 3.41. The van der Waals surface area contributed by atoms with Crippen LogP contribution in [0, 0.1) is 0 Å². The van der Waals surface area contributed by atoms with E-state index in [0.717, 1.165) is 12.2 Å². The lowest BCUT2D eigenvalue weighted by atomic mass is 10.1. The van der Waals surface area contributed by atoms with Crippen LogP contribution in [0.2, 0.25) is 0 Å². The molecule has 19 heavy (non-hydrogen) atoms. The van der Waals surface area contributed by atoms with Crippen LogP contribution in [0.1, 0.15) is 17.2 Å². The average Bonchev–Trinajstić information content (AvgIpc) is 2.76. The minimum atomic E-state index is 0.118.